The Bertz CT molecular complexity index is 772. The molecule has 110 valence electrons. The Kier molecular flexibility index (Phi) is 4.33. The molecule has 0 saturated carbocycles. The normalized spacial score (nSPS) is 11.0. The Morgan fingerprint density at radius 2 is 2.10 bits per heavy atom. The van der Waals surface area contributed by atoms with Gasteiger partial charge in [0.25, 0.3) is 5.56 Å². The van der Waals surface area contributed by atoms with Crippen LogP contribution in [0.5, 0.6) is 0 Å². The highest BCUT2D eigenvalue weighted by atomic mass is 35.5. The fourth-order valence-corrected chi connectivity index (χ4v) is 2.22. The van der Waals surface area contributed by atoms with Crippen LogP contribution in [0.15, 0.2) is 35.1 Å². The topological polar surface area (TPSA) is 53.2 Å². The molecule has 0 N–H and O–H groups in total. The minimum atomic E-state index is -0.507. The van der Waals surface area contributed by atoms with E-state index < -0.39 is 5.97 Å². The molecule has 0 atom stereocenters. The van der Waals surface area contributed by atoms with E-state index >= 15 is 0 Å². The Hall–Kier alpha value is -2.27. The van der Waals surface area contributed by atoms with Crippen molar-refractivity contribution in [2.24, 2.45) is 7.05 Å². The van der Waals surface area contributed by atoms with Crippen molar-refractivity contribution >= 4 is 23.6 Å². The second-order valence-electron chi connectivity index (χ2n) is 4.48. The molecule has 0 spiro atoms. The molecule has 0 aliphatic heterocycles. The highest BCUT2D eigenvalue weighted by molar-refractivity contribution is 6.30. The van der Waals surface area contributed by atoms with Gasteiger partial charge in [-0.1, -0.05) is 17.7 Å². The summed E-state index contributed by atoms with van der Waals surface area (Å²) in [6, 6.07) is 7.01. The lowest BCUT2D eigenvalue weighted by Gasteiger charge is -2.08. The molecule has 0 aliphatic carbocycles. The number of esters is 1. The summed E-state index contributed by atoms with van der Waals surface area (Å²) in [5, 5.41) is 0.546. The van der Waals surface area contributed by atoms with Crippen molar-refractivity contribution in [2.75, 3.05) is 7.11 Å². The lowest BCUT2D eigenvalue weighted by Crippen LogP contribution is -2.20. The molecule has 2 aromatic rings. The number of hydrogen-bond acceptors (Lipinski definition) is 3. The lowest BCUT2D eigenvalue weighted by atomic mass is 10.2. The quantitative estimate of drug-likeness (QED) is 0.646. The molecule has 1 aromatic carbocycles. The van der Waals surface area contributed by atoms with E-state index in [0.29, 0.717) is 16.3 Å². The second-order valence-corrected chi connectivity index (χ2v) is 4.91. The van der Waals surface area contributed by atoms with Gasteiger partial charge in [-0.05, 0) is 31.2 Å². The number of benzene rings is 1. The van der Waals surface area contributed by atoms with E-state index in [1.807, 2.05) is 0 Å². The molecule has 0 radical (unpaired) electrons. The smallest absolute Gasteiger partial charge is 0.330 e. The van der Waals surface area contributed by atoms with Gasteiger partial charge in [-0.25, -0.2) is 9.48 Å². The molecule has 0 aliphatic rings. The second kappa shape index (κ2) is 6.01. The van der Waals surface area contributed by atoms with Gasteiger partial charge in [0.05, 0.1) is 18.4 Å². The Labute approximate surface area is 127 Å². The standard InChI is InChI=1S/C15H15ClN2O3/c1-10-13(7-8-14(19)21-3)15(20)18(17(10)2)12-6-4-5-11(16)9-12/h4-9H,1-3H3/b8-7+. The van der Waals surface area contributed by atoms with Crippen LogP contribution in [0.4, 0.5) is 0 Å². The van der Waals surface area contributed by atoms with Crippen LogP contribution in [-0.2, 0) is 16.6 Å². The zero-order valence-electron chi connectivity index (χ0n) is 12.0. The van der Waals surface area contributed by atoms with Crippen LogP contribution in [0.2, 0.25) is 5.02 Å². The Balaban J connectivity index is 2.58. The number of hydrogen-bond donors (Lipinski definition) is 0. The summed E-state index contributed by atoms with van der Waals surface area (Å²) in [4.78, 5) is 23.7. The molecule has 1 heterocycles. The van der Waals surface area contributed by atoms with E-state index in [4.69, 9.17) is 11.6 Å². The summed E-state index contributed by atoms with van der Waals surface area (Å²) in [6.07, 6.45) is 2.69. The fraction of sp³-hybridized carbons (Fsp3) is 0.200. The molecule has 0 bridgehead atoms. The zero-order chi connectivity index (χ0) is 15.6. The average molecular weight is 307 g/mol. The summed E-state index contributed by atoms with van der Waals surface area (Å²) < 4.78 is 7.74. The van der Waals surface area contributed by atoms with Crippen molar-refractivity contribution in [3.05, 3.63) is 57.0 Å². The first-order chi connectivity index (χ1) is 9.95. The molecular weight excluding hydrogens is 292 g/mol. The molecular formula is C15H15ClN2O3. The maximum Gasteiger partial charge on any atom is 0.330 e. The van der Waals surface area contributed by atoms with Crippen molar-refractivity contribution in [2.45, 2.75) is 6.92 Å². The van der Waals surface area contributed by atoms with E-state index in [1.165, 1.54) is 23.9 Å². The maximum atomic E-state index is 12.5. The van der Waals surface area contributed by atoms with Crippen LogP contribution in [0.25, 0.3) is 11.8 Å². The largest absolute Gasteiger partial charge is 0.466 e. The van der Waals surface area contributed by atoms with Crippen LogP contribution >= 0.6 is 11.6 Å². The van der Waals surface area contributed by atoms with Crippen LogP contribution < -0.4 is 5.56 Å². The fourth-order valence-electron chi connectivity index (χ4n) is 2.04. The molecule has 5 nitrogen and oxygen atoms in total. The highest BCUT2D eigenvalue weighted by Gasteiger charge is 2.14. The summed E-state index contributed by atoms with van der Waals surface area (Å²) in [7, 11) is 3.06. The zero-order valence-corrected chi connectivity index (χ0v) is 12.7. The average Bonchev–Trinajstić information content (AvgIpc) is 2.67. The van der Waals surface area contributed by atoms with Crippen LogP contribution in [-0.4, -0.2) is 22.4 Å². The van der Waals surface area contributed by atoms with Gasteiger partial charge in [0.2, 0.25) is 0 Å². The highest BCUT2D eigenvalue weighted by Crippen LogP contribution is 2.15. The van der Waals surface area contributed by atoms with Crippen molar-refractivity contribution in [1.82, 2.24) is 9.36 Å². The Morgan fingerprint density at radius 1 is 1.38 bits per heavy atom. The predicted octanol–water partition coefficient (Wildman–Crippen LogP) is 2.32. The summed E-state index contributed by atoms with van der Waals surface area (Å²) in [5.74, 6) is -0.507. The number of ether oxygens (including phenoxy) is 1. The third-order valence-electron chi connectivity index (χ3n) is 3.24. The van der Waals surface area contributed by atoms with Gasteiger partial charge in [-0.2, -0.15) is 0 Å². The van der Waals surface area contributed by atoms with Crippen molar-refractivity contribution in [3.63, 3.8) is 0 Å². The van der Waals surface area contributed by atoms with E-state index in [0.717, 1.165) is 5.69 Å². The van der Waals surface area contributed by atoms with Gasteiger partial charge in [0, 0.05) is 23.8 Å². The third kappa shape index (κ3) is 2.92. The molecule has 2 rings (SSSR count). The van der Waals surface area contributed by atoms with Gasteiger partial charge >= 0.3 is 5.97 Å². The van der Waals surface area contributed by atoms with E-state index in [-0.39, 0.29) is 5.56 Å². The summed E-state index contributed by atoms with van der Waals surface area (Å²) in [6.45, 7) is 1.80. The molecule has 21 heavy (non-hydrogen) atoms. The van der Waals surface area contributed by atoms with Crippen LogP contribution in [0.3, 0.4) is 0 Å². The van der Waals surface area contributed by atoms with Gasteiger partial charge in [-0.3, -0.25) is 9.48 Å². The first-order valence-electron chi connectivity index (χ1n) is 6.26. The third-order valence-corrected chi connectivity index (χ3v) is 3.47. The SMILES string of the molecule is COC(=O)/C=C/c1c(C)n(C)n(-c2cccc(Cl)c2)c1=O. The number of carbonyl (C=O) groups excluding carboxylic acids is 1. The number of rotatable bonds is 3. The van der Waals surface area contributed by atoms with Crippen LogP contribution in [0.1, 0.15) is 11.3 Å². The molecule has 0 unspecified atom stereocenters. The lowest BCUT2D eigenvalue weighted by molar-refractivity contribution is -0.134. The van der Waals surface area contributed by atoms with Crippen LogP contribution in [0, 0.1) is 6.92 Å². The minimum absolute atomic E-state index is 0.225. The molecule has 1 aromatic heterocycles. The summed E-state index contributed by atoms with van der Waals surface area (Å²) in [5.41, 5.74) is 1.61. The van der Waals surface area contributed by atoms with Gasteiger partial charge < -0.3 is 4.74 Å². The van der Waals surface area contributed by atoms with Crippen molar-refractivity contribution < 1.29 is 9.53 Å². The van der Waals surface area contributed by atoms with Gasteiger partial charge in [0.1, 0.15) is 0 Å². The summed E-state index contributed by atoms with van der Waals surface area (Å²) >= 11 is 5.97. The number of methoxy groups -OCH3 is 1. The van der Waals surface area contributed by atoms with E-state index in [2.05, 4.69) is 4.74 Å². The van der Waals surface area contributed by atoms with Crippen molar-refractivity contribution in [3.8, 4) is 5.69 Å². The monoisotopic (exact) mass is 306 g/mol. The number of carbonyl (C=O) groups is 1. The molecule has 6 heteroatoms. The predicted molar refractivity (Wildman–Crippen MR) is 81.8 cm³/mol. The first kappa shape index (κ1) is 15.1. The number of halogens is 1. The molecule has 0 amide bonds. The number of aromatic nitrogens is 2. The molecule has 0 saturated heterocycles. The maximum absolute atomic E-state index is 12.5. The van der Waals surface area contributed by atoms with Crippen molar-refractivity contribution in [1.29, 1.82) is 0 Å². The van der Waals surface area contributed by atoms with E-state index in [9.17, 15) is 9.59 Å². The Morgan fingerprint density at radius 3 is 2.71 bits per heavy atom. The van der Waals surface area contributed by atoms with E-state index in [1.54, 1.807) is 42.9 Å². The number of nitrogens with zero attached hydrogens (tertiary/aromatic N) is 2. The molecule has 0 fully saturated rings. The van der Waals surface area contributed by atoms with Gasteiger partial charge in [-0.15, -0.1) is 0 Å². The first-order valence-corrected chi connectivity index (χ1v) is 6.64. The minimum Gasteiger partial charge on any atom is -0.466 e. The van der Waals surface area contributed by atoms with Gasteiger partial charge in [0.15, 0.2) is 0 Å².